The number of carbonyl (C=O) groups excluding carboxylic acids is 1. The standard InChI is InChI=1S/C28H26ClIN2O4S/c1-4-32-27(33)25(37-28(32)31-21-10-12-22(34-3)13-11-21)16-19-14-23(29)26(24(15-19)35-5-2)36-17-18-6-8-20(30)9-7-18/h6-16H,4-5,17H2,1-3H3/b25-16+,31-28?. The van der Waals surface area contributed by atoms with E-state index >= 15 is 0 Å². The lowest BCUT2D eigenvalue weighted by Gasteiger charge is -2.15. The zero-order valence-electron chi connectivity index (χ0n) is 20.7. The first kappa shape index (κ1) is 27.3. The molecule has 0 aliphatic carbocycles. The summed E-state index contributed by atoms with van der Waals surface area (Å²) in [4.78, 5) is 20.0. The first-order valence-corrected chi connectivity index (χ1v) is 14.0. The number of benzene rings is 3. The van der Waals surface area contributed by atoms with E-state index in [9.17, 15) is 4.79 Å². The van der Waals surface area contributed by atoms with Gasteiger partial charge in [-0.3, -0.25) is 9.69 Å². The molecule has 4 rings (SSSR count). The molecule has 192 valence electrons. The molecule has 0 N–H and O–H groups in total. The monoisotopic (exact) mass is 648 g/mol. The zero-order chi connectivity index (χ0) is 26.4. The normalized spacial score (nSPS) is 15.5. The number of carbonyl (C=O) groups is 1. The van der Waals surface area contributed by atoms with Crippen LogP contribution in [0.15, 0.2) is 70.6 Å². The molecule has 0 aromatic heterocycles. The summed E-state index contributed by atoms with van der Waals surface area (Å²) in [6.45, 7) is 5.15. The minimum Gasteiger partial charge on any atom is -0.497 e. The van der Waals surface area contributed by atoms with Crippen LogP contribution in [0.2, 0.25) is 5.02 Å². The van der Waals surface area contributed by atoms with Crippen LogP contribution in [-0.4, -0.2) is 36.2 Å². The van der Waals surface area contributed by atoms with E-state index in [0.29, 0.717) is 46.4 Å². The van der Waals surface area contributed by atoms with Crippen molar-refractivity contribution in [3.8, 4) is 17.2 Å². The Morgan fingerprint density at radius 3 is 2.43 bits per heavy atom. The van der Waals surface area contributed by atoms with E-state index in [-0.39, 0.29) is 5.91 Å². The lowest BCUT2D eigenvalue weighted by Crippen LogP contribution is -2.28. The average molecular weight is 649 g/mol. The van der Waals surface area contributed by atoms with Gasteiger partial charge in [0.05, 0.1) is 29.3 Å². The molecular formula is C28H26ClIN2O4S. The Morgan fingerprint density at radius 2 is 1.78 bits per heavy atom. The first-order chi connectivity index (χ1) is 17.9. The van der Waals surface area contributed by atoms with Crippen LogP contribution in [0.25, 0.3) is 6.08 Å². The van der Waals surface area contributed by atoms with Crippen LogP contribution in [0.1, 0.15) is 25.0 Å². The molecule has 0 radical (unpaired) electrons. The average Bonchev–Trinajstić information content (AvgIpc) is 3.18. The smallest absolute Gasteiger partial charge is 0.266 e. The summed E-state index contributed by atoms with van der Waals surface area (Å²) in [6.07, 6.45) is 1.81. The van der Waals surface area contributed by atoms with Gasteiger partial charge in [-0.05, 0) is 114 Å². The molecule has 0 saturated carbocycles. The highest BCUT2D eigenvalue weighted by molar-refractivity contribution is 14.1. The van der Waals surface area contributed by atoms with Crippen molar-refractivity contribution < 1.29 is 19.0 Å². The molecule has 0 spiro atoms. The number of aliphatic imine (C=N–C) groups is 1. The van der Waals surface area contributed by atoms with Crippen molar-refractivity contribution >= 4 is 68.8 Å². The van der Waals surface area contributed by atoms with E-state index in [4.69, 9.17) is 25.8 Å². The molecule has 0 unspecified atom stereocenters. The maximum absolute atomic E-state index is 13.1. The largest absolute Gasteiger partial charge is 0.497 e. The quantitative estimate of drug-likeness (QED) is 0.177. The molecule has 1 aliphatic heterocycles. The third kappa shape index (κ3) is 6.80. The highest BCUT2D eigenvalue weighted by atomic mass is 127. The Hall–Kier alpha value is -2.69. The fraction of sp³-hybridized carbons (Fsp3) is 0.214. The van der Waals surface area contributed by atoms with Crippen molar-refractivity contribution in [3.05, 3.63) is 85.3 Å². The third-order valence-electron chi connectivity index (χ3n) is 5.43. The Morgan fingerprint density at radius 1 is 1.05 bits per heavy atom. The summed E-state index contributed by atoms with van der Waals surface area (Å²) in [6, 6.07) is 19.1. The minimum absolute atomic E-state index is 0.104. The van der Waals surface area contributed by atoms with Gasteiger partial charge >= 0.3 is 0 Å². The Bertz CT molecular complexity index is 1330. The van der Waals surface area contributed by atoms with Gasteiger partial charge in [-0.15, -0.1) is 0 Å². The second-order valence-electron chi connectivity index (χ2n) is 7.93. The van der Waals surface area contributed by atoms with Crippen molar-refractivity contribution in [2.24, 2.45) is 4.99 Å². The van der Waals surface area contributed by atoms with Crippen LogP contribution in [0.3, 0.4) is 0 Å². The Labute approximate surface area is 239 Å². The van der Waals surface area contributed by atoms with Crippen molar-refractivity contribution in [3.63, 3.8) is 0 Å². The van der Waals surface area contributed by atoms with Crippen molar-refractivity contribution in [1.82, 2.24) is 4.90 Å². The van der Waals surface area contributed by atoms with Crippen LogP contribution >= 0.6 is 46.0 Å². The fourth-order valence-corrected chi connectivity index (χ4v) is 5.29. The second-order valence-corrected chi connectivity index (χ2v) is 10.6. The van der Waals surface area contributed by atoms with Crippen molar-refractivity contribution in [2.75, 3.05) is 20.3 Å². The van der Waals surface area contributed by atoms with Gasteiger partial charge < -0.3 is 14.2 Å². The predicted octanol–water partition coefficient (Wildman–Crippen LogP) is 7.55. The molecule has 6 nitrogen and oxygen atoms in total. The molecule has 37 heavy (non-hydrogen) atoms. The fourth-order valence-electron chi connectivity index (χ4n) is 3.60. The number of ether oxygens (including phenoxy) is 3. The van der Waals surface area contributed by atoms with E-state index in [1.807, 2.05) is 74.5 Å². The van der Waals surface area contributed by atoms with Gasteiger partial charge in [-0.2, -0.15) is 0 Å². The first-order valence-electron chi connectivity index (χ1n) is 11.7. The van der Waals surface area contributed by atoms with Crippen molar-refractivity contribution in [2.45, 2.75) is 20.5 Å². The van der Waals surface area contributed by atoms with E-state index < -0.39 is 0 Å². The zero-order valence-corrected chi connectivity index (χ0v) is 24.4. The Balaban J connectivity index is 1.59. The number of methoxy groups -OCH3 is 1. The van der Waals surface area contributed by atoms with Gasteiger partial charge in [-0.25, -0.2) is 4.99 Å². The number of halogens is 2. The summed E-state index contributed by atoms with van der Waals surface area (Å²) in [5.41, 5.74) is 2.51. The summed E-state index contributed by atoms with van der Waals surface area (Å²) in [5, 5.41) is 1.04. The number of rotatable bonds is 9. The summed E-state index contributed by atoms with van der Waals surface area (Å²) in [5.74, 6) is 1.65. The molecule has 0 bridgehead atoms. The lowest BCUT2D eigenvalue weighted by atomic mass is 10.1. The molecule has 1 amide bonds. The van der Waals surface area contributed by atoms with E-state index in [1.54, 1.807) is 18.1 Å². The van der Waals surface area contributed by atoms with E-state index in [2.05, 4.69) is 27.6 Å². The molecule has 1 saturated heterocycles. The molecule has 1 heterocycles. The van der Waals surface area contributed by atoms with Crippen LogP contribution in [-0.2, 0) is 11.4 Å². The molecule has 1 fully saturated rings. The minimum atomic E-state index is -0.104. The molecule has 3 aromatic rings. The predicted molar refractivity (Wildman–Crippen MR) is 159 cm³/mol. The topological polar surface area (TPSA) is 60.4 Å². The van der Waals surface area contributed by atoms with E-state index in [0.717, 1.165) is 26.1 Å². The van der Waals surface area contributed by atoms with Gasteiger partial charge in [0.25, 0.3) is 5.91 Å². The van der Waals surface area contributed by atoms with Crippen LogP contribution in [0.4, 0.5) is 5.69 Å². The number of amides is 1. The summed E-state index contributed by atoms with van der Waals surface area (Å²) >= 11 is 10.2. The van der Waals surface area contributed by atoms with Crippen LogP contribution < -0.4 is 14.2 Å². The maximum Gasteiger partial charge on any atom is 0.266 e. The number of amidine groups is 1. The second kappa shape index (κ2) is 12.7. The molecular weight excluding hydrogens is 623 g/mol. The molecule has 1 aliphatic rings. The van der Waals surface area contributed by atoms with Gasteiger partial charge in [0, 0.05) is 10.1 Å². The summed E-state index contributed by atoms with van der Waals surface area (Å²) in [7, 11) is 1.62. The van der Waals surface area contributed by atoms with Gasteiger partial charge in [0.2, 0.25) is 0 Å². The lowest BCUT2D eigenvalue weighted by molar-refractivity contribution is -0.122. The summed E-state index contributed by atoms with van der Waals surface area (Å²) < 4.78 is 18.2. The van der Waals surface area contributed by atoms with Crippen molar-refractivity contribution in [1.29, 1.82) is 0 Å². The maximum atomic E-state index is 13.1. The molecule has 3 aromatic carbocycles. The molecule has 9 heteroatoms. The van der Waals surface area contributed by atoms with Crippen LogP contribution in [0, 0.1) is 3.57 Å². The number of nitrogens with zero attached hydrogens (tertiary/aromatic N) is 2. The van der Waals surface area contributed by atoms with E-state index in [1.165, 1.54) is 11.8 Å². The third-order valence-corrected chi connectivity index (χ3v) is 7.43. The van der Waals surface area contributed by atoms with Gasteiger partial charge in [0.1, 0.15) is 12.4 Å². The number of thioether (sulfide) groups is 1. The van der Waals surface area contributed by atoms with Crippen LogP contribution in [0.5, 0.6) is 17.2 Å². The van der Waals surface area contributed by atoms with Gasteiger partial charge in [0.15, 0.2) is 16.7 Å². The van der Waals surface area contributed by atoms with Gasteiger partial charge in [-0.1, -0.05) is 23.7 Å². The number of hydrogen-bond donors (Lipinski definition) is 0. The number of hydrogen-bond acceptors (Lipinski definition) is 6. The Kier molecular flexibility index (Phi) is 9.39. The SMILES string of the molecule is CCOc1cc(/C=C2/SC(=Nc3ccc(OC)cc3)N(CC)C2=O)cc(Cl)c1OCc1ccc(I)cc1. The number of likely N-dealkylation sites (N-methyl/N-ethyl adjacent to an activating group) is 1. The highest BCUT2D eigenvalue weighted by Gasteiger charge is 2.32. The molecule has 0 atom stereocenters. The highest BCUT2D eigenvalue weighted by Crippen LogP contribution is 2.40.